The van der Waals surface area contributed by atoms with E-state index in [4.69, 9.17) is 9.15 Å². The summed E-state index contributed by atoms with van der Waals surface area (Å²) in [6, 6.07) is 13.4. The van der Waals surface area contributed by atoms with Gasteiger partial charge in [0.05, 0.1) is 36.8 Å². The molecule has 1 amide bonds. The molecule has 0 atom stereocenters. The first-order chi connectivity index (χ1) is 14.5. The molecule has 9 nitrogen and oxygen atoms in total. The number of esters is 2. The normalized spacial score (nSPS) is 10.3. The Morgan fingerprint density at radius 2 is 1.73 bits per heavy atom. The molecule has 1 N–H and O–H groups in total. The molecule has 30 heavy (non-hydrogen) atoms. The molecule has 154 valence electrons. The third-order valence-electron chi connectivity index (χ3n) is 3.87. The Balaban J connectivity index is 1.69. The lowest BCUT2D eigenvalue weighted by atomic mass is 10.1. The number of methoxy groups -OCH3 is 2. The number of rotatable bonds is 7. The summed E-state index contributed by atoms with van der Waals surface area (Å²) in [4.78, 5) is 36.1. The molecule has 1 heterocycles. The van der Waals surface area contributed by atoms with E-state index < -0.39 is 17.8 Å². The Bertz CT molecular complexity index is 1070. The van der Waals surface area contributed by atoms with Gasteiger partial charge < -0.3 is 19.2 Å². The molecule has 0 saturated heterocycles. The zero-order valence-electron chi connectivity index (χ0n) is 16.1. The van der Waals surface area contributed by atoms with Crippen molar-refractivity contribution in [2.24, 2.45) is 0 Å². The molecule has 1 aromatic heterocycles. The van der Waals surface area contributed by atoms with Crippen LogP contribution in [0.2, 0.25) is 0 Å². The number of ether oxygens (including phenoxy) is 2. The molecule has 0 aliphatic rings. The van der Waals surface area contributed by atoms with E-state index in [1.807, 2.05) is 30.3 Å². The highest BCUT2D eigenvalue weighted by atomic mass is 32.2. The number of carbonyl (C=O) groups is 3. The lowest BCUT2D eigenvalue weighted by molar-refractivity contribution is -0.113. The average Bonchev–Trinajstić information content (AvgIpc) is 3.26. The van der Waals surface area contributed by atoms with E-state index in [-0.39, 0.29) is 27.8 Å². The summed E-state index contributed by atoms with van der Waals surface area (Å²) < 4.78 is 14.9. The minimum absolute atomic E-state index is 0.0561. The first-order valence-electron chi connectivity index (χ1n) is 8.64. The molecule has 3 aromatic rings. The van der Waals surface area contributed by atoms with Crippen LogP contribution in [0.3, 0.4) is 0 Å². The van der Waals surface area contributed by atoms with Crippen LogP contribution >= 0.6 is 11.8 Å². The van der Waals surface area contributed by atoms with Crippen LogP contribution < -0.4 is 5.32 Å². The van der Waals surface area contributed by atoms with E-state index in [0.29, 0.717) is 5.89 Å². The highest BCUT2D eigenvalue weighted by Gasteiger charge is 2.18. The number of nitrogens with one attached hydrogen (secondary N) is 1. The second-order valence-electron chi connectivity index (χ2n) is 5.82. The monoisotopic (exact) mass is 427 g/mol. The van der Waals surface area contributed by atoms with Crippen LogP contribution in [0.15, 0.2) is 58.2 Å². The van der Waals surface area contributed by atoms with Gasteiger partial charge in [0.2, 0.25) is 11.8 Å². The van der Waals surface area contributed by atoms with Crippen molar-refractivity contribution in [1.82, 2.24) is 10.2 Å². The number of hydrogen-bond acceptors (Lipinski definition) is 9. The standard InChI is InChI=1S/C20H17N3O6S/c1-27-18(25)13-8-9-14(19(26)28-2)15(10-13)21-16(24)11-30-20-23-22-17(29-20)12-6-4-3-5-7-12/h3-10H,11H2,1-2H3,(H,21,24). The molecular weight excluding hydrogens is 410 g/mol. The SMILES string of the molecule is COC(=O)c1ccc(C(=O)OC)c(NC(=O)CSc2nnc(-c3ccccc3)o2)c1. The first-order valence-corrected chi connectivity index (χ1v) is 9.62. The van der Waals surface area contributed by atoms with Gasteiger partial charge in [-0.3, -0.25) is 4.79 Å². The molecule has 3 rings (SSSR count). The number of amides is 1. The fourth-order valence-corrected chi connectivity index (χ4v) is 3.02. The Morgan fingerprint density at radius 1 is 1.00 bits per heavy atom. The Morgan fingerprint density at radius 3 is 2.43 bits per heavy atom. The number of anilines is 1. The Hall–Kier alpha value is -3.66. The van der Waals surface area contributed by atoms with Crippen LogP contribution in [0.25, 0.3) is 11.5 Å². The maximum atomic E-state index is 12.4. The van der Waals surface area contributed by atoms with Gasteiger partial charge in [0.15, 0.2) is 0 Å². The summed E-state index contributed by atoms with van der Waals surface area (Å²) in [5.41, 5.74) is 1.18. The molecule has 0 bridgehead atoms. The molecule has 0 saturated carbocycles. The summed E-state index contributed by atoms with van der Waals surface area (Å²) in [5, 5.41) is 10.7. The second-order valence-corrected chi connectivity index (χ2v) is 6.75. The number of carbonyl (C=O) groups excluding carboxylic acids is 3. The highest BCUT2D eigenvalue weighted by molar-refractivity contribution is 7.99. The van der Waals surface area contributed by atoms with Crippen molar-refractivity contribution in [1.29, 1.82) is 0 Å². The smallest absolute Gasteiger partial charge is 0.339 e. The van der Waals surface area contributed by atoms with Crippen molar-refractivity contribution in [3.05, 3.63) is 59.7 Å². The van der Waals surface area contributed by atoms with E-state index in [1.165, 1.54) is 32.4 Å². The summed E-state index contributed by atoms with van der Waals surface area (Å²) in [7, 11) is 2.46. The quantitative estimate of drug-likeness (QED) is 0.448. The van der Waals surface area contributed by atoms with E-state index in [1.54, 1.807) is 0 Å². The van der Waals surface area contributed by atoms with Crippen molar-refractivity contribution < 1.29 is 28.3 Å². The zero-order valence-corrected chi connectivity index (χ0v) is 16.9. The predicted octanol–water partition coefficient (Wildman–Crippen LogP) is 3.04. The largest absolute Gasteiger partial charge is 0.465 e. The van der Waals surface area contributed by atoms with Crippen LogP contribution in [0.1, 0.15) is 20.7 Å². The molecule has 0 aliphatic heterocycles. The fraction of sp³-hybridized carbons (Fsp3) is 0.150. The average molecular weight is 427 g/mol. The van der Waals surface area contributed by atoms with Crippen LogP contribution in [-0.2, 0) is 14.3 Å². The van der Waals surface area contributed by atoms with Crippen molar-refractivity contribution in [3.8, 4) is 11.5 Å². The van der Waals surface area contributed by atoms with Gasteiger partial charge in [-0.1, -0.05) is 30.0 Å². The van der Waals surface area contributed by atoms with Gasteiger partial charge in [-0.05, 0) is 30.3 Å². The molecule has 0 unspecified atom stereocenters. The number of benzene rings is 2. The minimum atomic E-state index is -0.654. The number of hydrogen-bond donors (Lipinski definition) is 1. The molecular formula is C20H17N3O6S. The van der Waals surface area contributed by atoms with Gasteiger partial charge in [-0.15, -0.1) is 10.2 Å². The lowest BCUT2D eigenvalue weighted by Crippen LogP contribution is -2.18. The van der Waals surface area contributed by atoms with E-state index in [0.717, 1.165) is 17.3 Å². The summed E-state index contributed by atoms with van der Waals surface area (Å²) >= 11 is 1.04. The van der Waals surface area contributed by atoms with Gasteiger partial charge in [-0.25, -0.2) is 9.59 Å². The molecule has 0 spiro atoms. The predicted molar refractivity (Wildman–Crippen MR) is 108 cm³/mol. The van der Waals surface area contributed by atoms with Crippen LogP contribution in [0.4, 0.5) is 5.69 Å². The van der Waals surface area contributed by atoms with E-state index in [9.17, 15) is 14.4 Å². The van der Waals surface area contributed by atoms with E-state index in [2.05, 4.69) is 20.3 Å². The summed E-state index contributed by atoms with van der Waals surface area (Å²) in [6.45, 7) is 0. The Kier molecular flexibility index (Phi) is 6.81. The molecule has 10 heteroatoms. The van der Waals surface area contributed by atoms with Crippen LogP contribution in [0, 0.1) is 0 Å². The highest BCUT2D eigenvalue weighted by Crippen LogP contribution is 2.24. The number of thioether (sulfide) groups is 1. The zero-order chi connectivity index (χ0) is 21.5. The second kappa shape index (κ2) is 9.70. The first kappa shape index (κ1) is 21.1. The molecule has 0 fully saturated rings. The van der Waals surface area contributed by atoms with Gasteiger partial charge in [0.25, 0.3) is 5.22 Å². The topological polar surface area (TPSA) is 121 Å². The van der Waals surface area contributed by atoms with E-state index >= 15 is 0 Å². The van der Waals surface area contributed by atoms with Gasteiger partial charge >= 0.3 is 11.9 Å². The summed E-state index contributed by atoms with van der Waals surface area (Å²) in [5.74, 6) is -1.40. The maximum Gasteiger partial charge on any atom is 0.339 e. The number of nitrogens with zero attached hydrogens (tertiary/aromatic N) is 2. The molecule has 0 radical (unpaired) electrons. The molecule has 0 aliphatic carbocycles. The van der Waals surface area contributed by atoms with Gasteiger partial charge in [0, 0.05) is 5.56 Å². The minimum Gasteiger partial charge on any atom is -0.465 e. The van der Waals surface area contributed by atoms with Gasteiger partial charge in [-0.2, -0.15) is 0 Å². The summed E-state index contributed by atoms with van der Waals surface area (Å²) in [6.07, 6.45) is 0. The third kappa shape index (κ3) is 5.03. The van der Waals surface area contributed by atoms with Crippen molar-refractivity contribution in [2.45, 2.75) is 5.22 Å². The fourth-order valence-electron chi connectivity index (χ4n) is 2.46. The third-order valence-corrected chi connectivity index (χ3v) is 4.69. The van der Waals surface area contributed by atoms with Crippen molar-refractivity contribution in [3.63, 3.8) is 0 Å². The lowest BCUT2D eigenvalue weighted by Gasteiger charge is -2.11. The maximum absolute atomic E-state index is 12.4. The van der Waals surface area contributed by atoms with Crippen LogP contribution in [-0.4, -0.2) is 48.0 Å². The Labute approximate surface area is 175 Å². The van der Waals surface area contributed by atoms with Crippen molar-refractivity contribution in [2.75, 3.05) is 25.3 Å². The number of aromatic nitrogens is 2. The molecule has 2 aromatic carbocycles. The van der Waals surface area contributed by atoms with Crippen LogP contribution in [0.5, 0.6) is 0 Å². The van der Waals surface area contributed by atoms with Crippen molar-refractivity contribution >= 4 is 35.3 Å². The van der Waals surface area contributed by atoms with Gasteiger partial charge in [0.1, 0.15) is 0 Å².